The standard InChI is InChI=1S/C22H21N3O3/c1-25-12-11-23-22(25)21(27)16-4-6-18(7-5-16)24-20(26)9-3-15-2-8-19-17(14-15)10-13-28-19/h2,4-8,11-12,14H,3,9-10,13H2,1H3,(H,24,26). The van der Waals surface area contributed by atoms with Gasteiger partial charge in [-0.1, -0.05) is 12.1 Å². The second-order valence-corrected chi connectivity index (χ2v) is 6.86. The molecule has 0 fully saturated rings. The SMILES string of the molecule is Cn1ccnc1C(=O)c1ccc(NC(=O)CCc2ccc3c(c2)CCO3)cc1. The Balaban J connectivity index is 1.33. The molecule has 0 saturated heterocycles. The molecular formula is C22H21N3O3. The van der Waals surface area contributed by atoms with Crippen molar-refractivity contribution in [2.75, 3.05) is 11.9 Å². The summed E-state index contributed by atoms with van der Waals surface area (Å²) >= 11 is 0. The van der Waals surface area contributed by atoms with Crippen molar-refractivity contribution < 1.29 is 14.3 Å². The van der Waals surface area contributed by atoms with Crippen LogP contribution in [0.1, 0.15) is 33.7 Å². The third-order valence-corrected chi connectivity index (χ3v) is 4.85. The summed E-state index contributed by atoms with van der Waals surface area (Å²) in [6.07, 6.45) is 5.33. The predicted octanol–water partition coefficient (Wildman–Crippen LogP) is 3.16. The molecule has 0 aliphatic carbocycles. The molecular weight excluding hydrogens is 354 g/mol. The van der Waals surface area contributed by atoms with Gasteiger partial charge >= 0.3 is 0 Å². The first-order valence-electron chi connectivity index (χ1n) is 9.27. The van der Waals surface area contributed by atoms with Crippen molar-refractivity contribution in [3.8, 4) is 5.75 Å². The third-order valence-electron chi connectivity index (χ3n) is 4.85. The lowest BCUT2D eigenvalue weighted by Gasteiger charge is -2.07. The number of ketones is 1. The highest BCUT2D eigenvalue weighted by molar-refractivity contribution is 6.07. The fourth-order valence-electron chi connectivity index (χ4n) is 3.30. The maximum Gasteiger partial charge on any atom is 0.228 e. The molecule has 2 aromatic carbocycles. The Kier molecular flexibility index (Phi) is 4.93. The minimum absolute atomic E-state index is 0.0556. The number of hydrogen-bond acceptors (Lipinski definition) is 4. The molecule has 1 amide bonds. The third kappa shape index (κ3) is 3.81. The largest absolute Gasteiger partial charge is 0.493 e. The first kappa shape index (κ1) is 18.0. The van der Waals surface area contributed by atoms with Gasteiger partial charge < -0.3 is 14.6 Å². The molecule has 0 bridgehead atoms. The zero-order valence-electron chi connectivity index (χ0n) is 15.6. The minimum Gasteiger partial charge on any atom is -0.493 e. The van der Waals surface area contributed by atoms with Crippen molar-refractivity contribution in [1.82, 2.24) is 9.55 Å². The number of benzene rings is 2. The fraction of sp³-hybridized carbons (Fsp3) is 0.227. The van der Waals surface area contributed by atoms with Crippen molar-refractivity contribution in [3.05, 3.63) is 77.4 Å². The zero-order chi connectivity index (χ0) is 19.5. The van der Waals surface area contributed by atoms with Crippen LogP contribution in [-0.2, 0) is 24.7 Å². The van der Waals surface area contributed by atoms with Crippen molar-refractivity contribution >= 4 is 17.4 Å². The summed E-state index contributed by atoms with van der Waals surface area (Å²) in [5.74, 6) is 1.14. The summed E-state index contributed by atoms with van der Waals surface area (Å²) in [5, 5.41) is 2.88. The van der Waals surface area contributed by atoms with Gasteiger partial charge in [-0.3, -0.25) is 9.59 Å². The van der Waals surface area contributed by atoms with Gasteiger partial charge in [-0.15, -0.1) is 0 Å². The van der Waals surface area contributed by atoms with E-state index < -0.39 is 0 Å². The summed E-state index contributed by atoms with van der Waals surface area (Å²) in [7, 11) is 1.78. The monoisotopic (exact) mass is 375 g/mol. The molecule has 28 heavy (non-hydrogen) atoms. The fourth-order valence-corrected chi connectivity index (χ4v) is 3.30. The molecule has 0 unspecified atom stereocenters. The van der Waals surface area contributed by atoms with Crippen molar-refractivity contribution in [3.63, 3.8) is 0 Å². The van der Waals surface area contributed by atoms with E-state index in [9.17, 15) is 9.59 Å². The number of aromatic nitrogens is 2. The lowest BCUT2D eigenvalue weighted by Crippen LogP contribution is -2.13. The Hall–Kier alpha value is -3.41. The lowest BCUT2D eigenvalue weighted by atomic mass is 10.0. The molecule has 0 spiro atoms. The summed E-state index contributed by atoms with van der Waals surface area (Å²) < 4.78 is 7.19. The number of hydrogen-bond donors (Lipinski definition) is 1. The molecule has 3 aromatic rings. The van der Waals surface area contributed by atoms with Gasteiger partial charge in [0.15, 0.2) is 5.82 Å². The second kappa shape index (κ2) is 7.68. The number of amides is 1. The van der Waals surface area contributed by atoms with Gasteiger partial charge in [-0.25, -0.2) is 4.98 Å². The molecule has 0 radical (unpaired) electrons. The first-order chi connectivity index (χ1) is 13.6. The van der Waals surface area contributed by atoms with E-state index in [2.05, 4.69) is 16.4 Å². The summed E-state index contributed by atoms with van der Waals surface area (Å²) in [4.78, 5) is 28.7. The molecule has 6 heteroatoms. The van der Waals surface area contributed by atoms with Gasteiger partial charge in [0.1, 0.15) is 5.75 Å². The number of carbonyl (C=O) groups is 2. The average Bonchev–Trinajstić information content (AvgIpc) is 3.34. The molecule has 142 valence electrons. The molecule has 4 rings (SSSR count). The average molecular weight is 375 g/mol. The number of aryl methyl sites for hydroxylation is 2. The van der Waals surface area contributed by atoms with Crippen LogP contribution in [0.4, 0.5) is 5.69 Å². The van der Waals surface area contributed by atoms with Crippen LogP contribution >= 0.6 is 0 Å². The molecule has 1 aliphatic rings. The van der Waals surface area contributed by atoms with Crippen molar-refractivity contribution in [2.45, 2.75) is 19.3 Å². The van der Waals surface area contributed by atoms with E-state index in [0.717, 1.165) is 24.3 Å². The minimum atomic E-state index is -0.147. The van der Waals surface area contributed by atoms with Gasteiger partial charge in [-0.2, -0.15) is 0 Å². The van der Waals surface area contributed by atoms with Crippen LogP contribution in [0.2, 0.25) is 0 Å². The first-order valence-corrected chi connectivity index (χ1v) is 9.27. The van der Waals surface area contributed by atoms with Gasteiger partial charge in [-0.05, 0) is 47.9 Å². The highest BCUT2D eigenvalue weighted by Crippen LogP contribution is 2.26. The smallest absolute Gasteiger partial charge is 0.228 e. The number of ether oxygens (including phenoxy) is 1. The van der Waals surface area contributed by atoms with E-state index in [-0.39, 0.29) is 11.7 Å². The van der Waals surface area contributed by atoms with Crippen molar-refractivity contribution in [2.24, 2.45) is 7.05 Å². The molecule has 0 saturated carbocycles. The Morgan fingerprint density at radius 2 is 2.00 bits per heavy atom. The summed E-state index contributed by atoms with van der Waals surface area (Å²) in [5.41, 5.74) is 3.55. The highest BCUT2D eigenvalue weighted by Gasteiger charge is 2.14. The van der Waals surface area contributed by atoms with E-state index in [1.54, 1.807) is 48.3 Å². The van der Waals surface area contributed by atoms with E-state index in [4.69, 9.17) is 4.74 Å². The van der Waals surface area contributed by atoms with E-state index in [1.807, 2.05) is 12.1 Å². The van der Waals surface area contributed by atoms with Crippen LogP contribution in [0, 0.1) is 0 Å². The van der Waals surface area contributed by atoms with E-state index in [1.165, 1.54) is 5.56 Å². The number of nitrogens with one attached hydrogen (secondary N) is 1. The van der Waals surface area contributed by atoms with E-state index >= 15 is 0 Å². The van der Waals surface area contributed by atoms with Gasteiger partial charge in [0.25, 0.3) is 0 Å². The van der Waals surface area contributed by atoms with Crippen LogP contribution in [-0.4, -0.2) is 27.8 Å². The number of fused-ring (bicyclic) bond motifs is 1. The number of nitrogens with zero attached hydrogens (tertiary/aromatic N) is 2. The molecule has 0 atom stereocenters. The molecule has 2 heterocycles. The van der Waals surface area contributed by atoms with Crippen LogP contribution < -0.4 is 10.1 Å². The number of rotatable bonds is 6. The van der Waals surface area contributed by atoms with E-state index in [0.29, 0.717) is 29.9 Å². The van der Waals surface area contributed by atoms with Gasteiger partial charge in [0.2, 0.25) is 11.7 Å². The highest BCUT2D eigenvalue weighted by atomic mass is 16.5. The van der Waals surface area contributed by atoms with Gasteiger partial charge in [0, 0.05) is 43.5 Å². The van der Waals surface area contributed by atoms with Crippen LogP contribution in [0.25, 0.3) is 0 Å². The predicted molar refractivity (Wildman–Crippen MR) is 106 cm³/mol. The Labute approximate surface area is 163 Å². The summed E-state index contributed by atoms with van der Waals surface area (Å²) in [6.45, 7) is 0.734. The maximum absolute atomic E-state index is 12.4. The van der Waals surface area contributed by atoms with Gasteiger partial charge in [0.05, 0.1) is 6.61 Å². The van der Waals surface area contributed by atoms with Crippen LogP contribution in [0.15, 0.2) is 54.9 Å². The Morgan fingerprint density at radius 3 is 2.75 bits per heavy atom. The molecule has 1 aromatic heterocycles. The quantitative estimate of drug-likeness (QED) is 0.672. The maximum atomic E-state index is 12.4. The van der Waals surface area contributed by atoms with Crippen LogP contribution in [0.5, 0.6) is 5.75 Å². The number of carbonyl (C=O) groups excluding carboxylic acids is 2. The Morgan fingerprint density at radius 1 is 1.18 bits per heavy atom. The normalized spacial score (nSPS) is 12.3. The molecule has 1 aliphatic heterocycles. The Bertz CT molecular complexity index is 1020. The van der Waals surface area contributed by atoms with Crippen molar-refractivity contribution in [1.29, 1.82) is 0 Å². The second-order valence-electron chi connectivity index (χ2n) is 6.86. The zero-order valence-corrected chi connectivity index (χ0v) is 15.6. The van der Waals surface area contributed by atoms with Crippen LogP contribution in [0.3, 0.4) is 0 Å². The molecule has 6 nitrogen and oxygen atoms in total. The number of anilines is 1. The summed E-state index contributed by atoms with van der Waals surface area (Å²) in [6, 6.07) is 13.0. The lowest BCUT2D eigenvalue weighted by molar-refractivity contribution is -0.116. The topological polar surface area (TPSA) is 73.2 Å². The number of imidazole rings is 1. The molecule has 1 N–H and O–H groups in total.